The Labute approximate surface area is 107 Å². The Kier molecular flexibility index (Phi) is 4.17. The zero-order valence-corrected chi connectivity index (χ0v) is 11.0. The van der Waals surface area contributed by atoms with Crippen LogP contribution in [0.25, 0.3) is 0 Å². The first kappa shape index (κ1) is 11.9. The van der Waals surface area contributed by atoms with Crippen molar-refractivity contribution in [3.8, 4) is 0 Å². The van der Waals surface area contributed by atoms with Crippen LogP contribution >= 0.6 is 34.7 Å². The third-order valence-electron chi connectivity index (χ3n) is 1.95. The number of hydrogen-bond donors (Lipinski definition) is 1. The van der Waals surface area contributed by atoms with Crippen molar-refractivity contribution >= 4 is 34.7 Å². The molecule has 3 nitrogen and oxygen atoms in total. The van der Waals surface area contributed by atoms with E-state index in [0.717, 1.165) is 20.8 Å². The van der Waals surface area contributed by atoms with Gasteiger partial charge in [0.15, 0.2) is 4.34 Å². The van der Waals surface area contributed by atoms with Gasteiger partial charge >= 0.3 is 0 Å². The van der Waals surface area contributed by atoms with Gasteiger partial charge in [0.2, 0.25) is 0 Å². The summed E-state index contributed by atoms with van der Waals surface area (Å²) in [6, 6.07) is 5.91. The van der Waals surface area contributed by atoms with E-state index >= 15 is 0 Å². The van der Waals surface area contributed by atoms with E-state index in [1.807, 2.05) is 19.2 Å². The van der Waals surface area contributed by atoms with Crippen LogP contribution in [0, 0.1) is 0 Å². The zero-order valence-electron chi connectivity index (χ0n) is 8.61. The Balaban J connectivity index is 2.30. The molecular formula is C10H10ClN3S2. The van der Waals surface area contributed by atoms with Crippen molar-refractivity contribution in [2.24, 2.45) is 0 Å². The van der Waals surface area contributed by atoms with Crippen LogP contribution in [0.1, 0.15) is 5.56 Å². The van der Waals surface area contributed by atoms with Crippen molar-refractivity contribution < 1.29 is 0 Å². The van der Waals surface area contributed by atoms with Crippen molar-refractivity contribution in [1.29, 1.82) is 0 Å². The molecular weight excluding hydrogens is 262 g/mol. The monoisotopic (exact) mass is 271 g/mol. The Morgan fingerprint density at radius 3 is 3.06 bits per heavy atom. The Hall–Kier alpha value is -0.620. The van der Waals surface area contributed by atoms with Gasteiger partial charge in [0, 0.05) is 11.4 Å². The summed E-state index contributed by atoms with van der Waals surface area (Å²) in [6.45, 7) is 0.793. The Bertz CT molecular complexity index is 459. The average Bonchev–Trinajstić information content (AvgIpc) is 2.76. The Morgan fingerprint density at radius 2 is 2.38 bits per heavy atom. The topological polar surface area (TPSA) is 37.8 Å². The lowest BCUT2D eigenvalue weighted by molar-refractivity contribution is 0.803. The molecule has 1 heterocycles. The molecule has 0 aliphatic carbocycles. The van der Waals surface area contributed by atoms with Crippen LogP contribution in [0.3, 0.4) is 0 Å². The number of hydrogen-bond acceptors (Lipinski definition) is 5. The third-order valence-corrected chi connectivity index (χ3v) is 4.34. The second kappa shape index (κ2) is 5.63. The molecule has 0 fully saturated rings. The molecule has 16 heavy (non-hydrogen) atoms. The largest absolute Gasteiger partial charge is 0.316 e. The first-order chi connectivity index (χ1) is 7.81. The zero-order chi connectivity index (χ0) is 11.4. The third kappa shape index (κ3) is 2.74. The highest BCUT2D eigenvalue weighted by Crippen LogP contribution is 2.36. The molecule has 84 valence electrons. The first-order valence-electron chi connectivity index (χ1n) is 4.67. The Morgan fingerprint density at radius 1 is 1.50 bits per heavy atom. The summed E-state index contributed by atoms with van der Waals surface area (Å²) >= 11 is 9.27. The molecule has 0 spiro atoms. The number of nitrogens with one attached hydrogen (secondary N) is 1. The van der Waals surface area contributed by atoms with Gasteiger partial charge in [-0.2, -0.15) is 0 Å². The maximum Gasteiger partial charge on any atom is 0.178 e. The minimum Gasteiger partial charge on any atom is -0.316 e. The van der Waals surface area contributed by atoms with Crippen molar-refractivity contribution in [2.75, 3.05) is 7.05 Å². The molecule has 0 amide bonds. The van der Waals surface area contributed by atoms with Gasteiger partial charge < -0.3 is 5.32 Å². The number of aromatic nitrogens is 2. The van der Waals surface area contributed by atoms with E-state index in [1.54, 1.807) is 17.3 Å². The minimum absolute atomic E-state index is 0.757. The van der Waals surface area contributed by atoms with Crippen LogP contribution < -0.4 is 5.32 Å². The molecule has 6 heteroatoms. The van der Waals surface area contributed by atoms with E-state index in [4.69, 9.17) is 11.6 Å². The normalized spacial score (nSPS) is 10.6. The van der Waals surface area contributed by atoms with Crippen LogP contribution in [-0.2, 0) is 6.54 Å². The lowest BCUT2D eigenvalue weighted by atomic mass is 10.2. The van der Waals surface area contributed by atoms with Gasteiger partial charge in [0.25, 0.3) is 0 Å². The van der Waals surface area contributed by atoms with E-state index in [2.05, 4.69) is 21.6 Å². The van der Waals surface area contributed by atoms with Crippen molar-refractivity contribution in [1.82, 2.24) is 15.5 Å². The summed E-state index contributed by atoms with van der Waals surface area (Å²) in [5.41, 5.74) is 2.90. The van der Waals surface area contributed by atoms with Gasteiger partial charge in [-0.25, -0.2) is 0 Å². The number of nitrogens with zero attached hydrogens (tertiary/aromatic N) is 2. The summed E-state index contributed by atoms with van der Waals surface area (Å²) in [7, 11) is 1.92. The second-order valence-corrected chi connectivity index (χ2v) is 5.56. The predicted octanol–water partition coefficient (Wildman–Crippen LogP) is 3.06. The van der Waals surface area contributed by atoms with E-state index in [1.165, 1.54) is 16.9 Å². The molecule has 0 saturated heterocycles. The fourth-order valence-corrected chi connectivity index (χ4v) is 3.15. The molecule has 0 aliphatic rings. The molecule has 2 rings (SSSR count). The number of benzene rings is 1. The van der Waals surface area contributed by atoms with Gasteiger partial charge in [0.1, 0.15) is 5.51 Å². The molecule has 1 aromatic carbocycles. The molecule has 0 unspecified atom stereocenters. The van der Waals surface area contributed by atoms with Crippen molar-refractivity contribution in [2.45, 2.75) is 15.8 Å². The first-order valence-corrected chi connectivity index (χ1v) is 6.74. The molecule has 0 radical (unpaired) electrons. The van der Waals surface area contributed by atoms with Crippen LogP contribution in [0.2, 0.25) is 5.02 Å². The molecule has 0 atom stereocenters. The maximum atomic E-state index is 6.19. The smallest absolute Gasteiger partial charge is 0.178 e. The number of halogens is 1. The summed E-state index contributed by atoms with van der Waals surface area (Å²) in [5.74, 6) is 0. The second-order valence-electron chi connectivity index (χ2n) is 3.07. The summed E-state index contributed by atoms with van der Waals surface area (Å²) < 4.78 is 0.908. The summed E-state index contributed by atoms with van der Waals surface area (Å²) in [6.07, 6.45) is 0. The molecule has 0 bridgehead atoms. The SMILES string of the molecule is CNCc1cccc(Cl)c1Sc1nncs1. The lowest BCUT2D eigenvalue weighted by Gasteiger charge is -2.08. The molecule has 1 N–H and O–H groups in total. The maximum absolute atomic E-state index is 6.19. The molecule has 2 aromatic rings. The number of rotatable bonds is 4. The molecule has 0 aliphatic heterocycles. The van der Waals surface area contributed by atoms with Gasteiger partial charge in [-0.05, 0) is 18.7 Å². The fraction of sp³-hybridized carbons (Fsp3) is 0.200. The van der Waals surface area contributed by atoms with Gasteiger partial charge in [0.05, 0.1) is 5.02 Å². The van der Waals surface area contributed by atoms with E-state index < -0.39 is 0 Å². The highest BCUT2D eigenvalue weighted by atomic mass is 35.5. The van der Waals surface area contributed by atoms with Gasteiger partial charge in [-0.15, -0.1) is 10.2 Å². The van der Waals surface area contributed by atoms with Gasteiger partial charge in [-0.3, -0.25) is 0 Å². The van der Waals surface area contributed by atoms with Crippen LogP contribution in [0.4, 0.5) is 0 Å². The van der Waals surface area contributed by atoms with E-state index in [0.29, 0.717) is 0 Å². The summed E-state index contributed by atoms with van der Waals surface area (Å²) in [5, 5.41) is 11.7. The standard InChI is InChI=1S/C10H10ClN3S2/c1-12-5-7-3-2-4-8(11)9(7)16-10-14-13-6-15-10/h2-4,6,12H,5H2,1H3. The van der Waals surface area contributed by atoms with Crippen LogP contribution in [0.15, 0.2) is 32.9 Å². The van der Waals surface area contributed by atoms with E-state index in [-0.39, 0.29) is 0 Å². The predicted molar refractivity (Wildman–Crippen MR) is 68.2 cm³/mol. The highest BCUT2D eigenvalue weighted by Gasteiger charge is 2.10. The van der Waals surface area contributed by atoms with Crippen molar-refractivity contribution in [3.05, 3.63) is 34.3 Å². The summed E-state index contributed by atoms with van der Waals surface area (Å²) in [4.78, 5) is 1.05. The van der Waals surface area contributed by atoms with Crippen molar-refractivity contribution in [3.63, 3.8) is 0 Å². The van der Waals surface area contributed by atoms with Gasteiger partial charge in [-0.1, -0.05) is 46.8 Å². The molecule has 0 saturated carbocycles. The minimum atomic E-state index is 0.757. The van der Waals surface area contributed by atoms with Crippen LogP contribution in [-0.4, -0.2) is 17.2 Å². The fourth-order valence-electron chi connectivity index (χ4n) is 1.29. The van der Waals surface area contributed by atoms with Crippen LogP contribution in [0.5, 0.6) is 0 Å². The highest BCUT2D eigenvalue weighted by molar-refractivity contribution is 8.01. The van der Waals surface area contributed by atoms with E-state index in [9.17, 15) is 0 Å². The average molecular weight is 272 g/mol. The quantitative estimate of drug-likeness (QED) is 0.928. The molecule has 1 aromatic heterocycles. The lowest BCUT2D eigenvalue weighted by Crippen LogP contribution is -2.06.